The zero-order chi connectivity index (χ0) is 13.9. The number of rotatable bonds is 4. The summed E-state index contributed by atoms with van der Waals surface area (Å²) in [6.45, 7) is 2.34. The van der Waals surface area contributed by atoms with E-state index in [9.17, 15) is 0 Å². The second-order valence-electron chi connectivity index (χ2n) is 6.07. The van der Waals surface area contributed by atoms with Gasteiger partial charge in [0.15, 0.2) is 0 Å². The average Bonchev–Trinajstić information content (AvgIpc) is 2.93. The maximum atomic E-state index is 5.75. The summed E-state index contributed by atoms with van der Waals surface area (Å²) in [4.78, 5) is 0. The number of fused-ring (bicyclic) bond motifs is 1. The van der Waals surface area contributed by atoms with Crippen LogP contribution in [-0.2, 0) is 0 Å². The first-order valence-corrected chi connectivity index (χ1v) is 7.98. The van der Waals surface area contributed by atoms with Crippen LogP contribution in [0.1, 0.15) is 50.6 Å². The molecule has 108 valence electrons. The van der Waals surface area contributed by atoms with Gasteiger partial charge < -0.3 is 9.73 Å². The highest BCUT2D eigenvalue weighted by Gasteiger charge is 2.32. The second kappa shape index (κ2) is 6.01. The van der Waals surface area contributed by atoms with Gasteiger partial charge in [0.2, 0.25) is 0 Å². The van der Waals surface area contributed by atoms with Crippen LogP contribution in [0.15, 0.2) is 34.9 Å². The van der Waals surface area contributed by atoms with Crippen molar-refractivity contribution in [1.82, 2.24) is 5.32 Å². The van der Waals surface area contributed by atoms with Crippen LogP contribution < -0.4 is 5.32 Å². The highest BCUT2D eigenvalue weighted by Crippen LogP contribution is 2.42. The van der Waals surface area contributed by atoms with Gasteiger partial charge in [0.25, 0.3) is 0 Å². The Morgan fingerprint density at radius 2 is 2.05 bits per heavy atom. The van der Waals surface area contributed by atoms with E-state index in [-0.39, 0.29) is 0 Å². The summed E-state index contributed by atoms with van der Waals surface area (Å²) >= 11 is 0. The molecule has 0 saturated heterocycles. The summed E-state index contributed by atoms with van der Waals surface area (Å²) in [5.41, 5.74) is 2.35. The van der Waals surface area contributed by atoms with Crippen molar-refractivity contribution in [1.29, 1.82) is 0 Å². The van der Waals surface area contributed by atoms with Gasteiger partial charge in [-0.15, -0.1) is 0 Å². The predicted molar refractivity (Wildman–Crippen MR) is 83.8 cm³/mol. The third-order valence-electron chi connectivity index (χ3n) is 5.08. The van der Waals surface area contributed by atoms with Gasteiger partial charge in [0.1, 0.15) is 5.58 Å². The van der Waals surface area contributed by atoms with Gasteiger partial charge in [-0.3, -0.25) is 0 Å². The fourth-order valence-electron chi connectivity index (χ4n) is 4.02. The van der Waals surface area contributed by atoms with E-state index in [0.29, 0.717) is 6.04 Å². The van der Waals surface area contributed by atoms with E-state index in [2.05, 4.69) is 37.5 Å². The minimum Gasteiger partial charge on any atom is -0.464 e. The van der Waals surface area contributed by atoms with Crippen molar-refractivity contribution in [2.45, 2.75) is 45.1 Å². The van der Waals surface area contributed by atoms with Crippen LogP contribution in [0.3, 0.4) is 0 Å². The van der Waals surface area contributed by atoms with Crippen molar-refractivity contribution >= 4 is 11.0 Å². The molecular formula is C18H25NO. The molecule has 0 amide bonds. The third-order valence-corrected chi connectivity index (χ3v) is 5.08. The molecule has 3 unspecified atom stereocenters. The Kier molecular flexibility index (Phi) is 4.11. The molecule has 1 aromatic heterocycles. The zero-order valence-corrected chi connectivity index (χ0v) is 12.6. The van der Waals surface area contributed by atoms with E-state index in [1.165, 1.54) is 43.1 Å². The van der Waals surface area contributed by atoms with Gasteiger partial charge in [-0.05, 0) is 31.4 Å². The number of benzene rings is 1. The van der Waals surface area contributed by atoms with E-state index >= 15 is 0 Å². The molecule has 2 heteroatoms. The normalized spacial score (nSPS) is 24.9. The van der Waals surface area contributed by atoms with Crippen molar-refractivity contribution in [3.63, 3.8) is 0 Å². The molecule has 2 nitrogen and oxygen atoms in total. The standard InChI is InChI=1S/C18H25NO/c1-3-13-8-4-5-9-14(13)18(19-2)16-12-20-17-11-7-6-10-15(16)17/h6-7,10-14,18-19H,3-5,8-9H2,1-2H3. The van der Waals surface area contributed by atoms with E-state index in [0.717, 1.165) is 17.4 Å². The van der Waals surface area contributed by atoms with Crippen molar-refractivity contribution < 1.29 is 4.42 Å². The van der Waals surface area contributed by atoms with Crippen molar-refractivity contribution in [2.24, 2.45) is 11.8 Å². The lowest BCUT2D eigenvalue weighted by Crippen LogP contribution is -2.32. The van der Waals surface area contributed by atoms with Crippen LogP contribution in [-0.4, -0.2) is 7.05 Å². The van der Waals surface area contributed by atoms with E-state index < -0.39 is 0 Å². The Balaban J connectivity index is 1.96. The minimum absolute atomic E-state index is 0.420. The second-order valence-corrected chi connectivity index (χ2v) is 6.07. The maximum absolute atomic E-state index is 5.75. The van der Waals surface area contributed by atoms with Crippen molar-refractivity contribution in [2.75, 3.05) is 7.05 Å². The summed E-state index contributed by atoms with van der Waals surface area (Å²) in [7, 11) is 2.09. The lowest BCUT2D eigenvalue weighted by molar-refractivity contribution is 0.180. The molecule has 0 bridgehead atoms. The first-order valence-electron chi connectivity index (χ1n) is 7.98. The molecular weight excluding hydrogens is 246 g/mol. The predicted octanol–water partition coefficient (Wildman–Crippen LogP) is 4.91. The average molecular weight is 271 g/mol. The summed E-state index contributed by atoms with van der Waals surface area (Å²) in [5, 5.41) is 4.84. The van der Waals surface area contributed by atoms with Crippen molar-refractivity contribution in [3.8, 4) is 0 Å². The molecule has 1 aromatic carbocycles. The smallest absolute Gasteiger partial charge is 0.134 e. The molecule has 20 heavy (non-hydrogen) atoms. The fraction of sp³-hybridized carbons (Fsp3) is 0.556. The molecule has 2 aromatic rings. The SMILES string of the molecule is CCC1CCCCC1C(NC)c1coc2ccccc12. The molecule has 1 N–H and O–H groups in total. The summed E-state index contributed by atoms with van der Waals surface area (Å²) < 4.78 is 5.75. The van der Waals surface area contributed by atoms with Crippen LogP contribution in [0.2, 0.25) is 0 Å². The first kappa shape index (κ1) is 13.7. The number of hydrogen-bond donors (Lipinski definition) is 1. The van der Waals surface area contributed by atoms with Gasteiger partial charge >= 0.3 is 0 Å². The minimum atomic E-state index is 0.420. The lowest BCUT2D eigenvalue weighted by atomic mass is 9.72. The van der Waals surface area contributed by atoms with E-state index in [1.807, 2.05) is 12.3 Å². The number of hydrogen-bond acceptors (Lipinski definition) is 2. The Bertz CT molecular complexity index is 559. The largest absolute Gasteiger partial charge is 0.464 e. The van der Waals surface area contributed by atoms with Crippen LogP contribution >= 0.6 is 0 Å². The van der Waals surface area contributed by atoms with E-state index in [4.69, 9.17) is 4.42 Å². The molecule has 1 heterocycles. The Morgan fingerprint density at radius 1 is 1.25 bits per heavy atom. The molecule has 1 aliphatic carbocycles. The molecule has 0 spiro atoms. The number of para-hydroxylation sites is 1. The maximum Gasteiger partial charge on any atom is 0.134 e. The Labute approximate surface area is 121 Å². The molecule has 1 fully saturated rings. The van der Waals surface area contributed by atoms with Gasteiger partial charge in [-0.2, -0.15) is 0 Å². The summed E-state index contributed by atoms with van der Waals surface area (Å²) in [5.74, 6) is 1.58. The highest BCUT2D eigenvalue weighted by molar-refractivity contribution is 5.81. The van der Waals surface area contributed by atoms with Gasteiger partial charge in [-0.1, -0.05) is 50.8 Å². The summed E-state index contributed by atoms with van der Waals surface area (Å²) in [6, 6.07) is 8.81. The topological polar surface area (TPSA) is 25.2 Å². The van der Waals surface area contributed by atoms with Gasteiger partial charge in [0, 0.05) is 17.0 Å². The Hall–Kier alpha value is -1.28. The third kappa shape index (κ3) is 2.37. The molecule has 3 rings (SSSR count). The van der Waals surface area contributed by atoms with Crippen molar-refractivity contribution in [3.05, 3.63) is 36.1 Å². The quantitative estimate of drug-likeness (QED) is 0.854. The molecule has 0 radical (unpaired) electrons. The zero-order valence-electron chi connectivity index (χ0n) is 12.6. The van der Waals surface area contributed by atoms with Crippen LogP contribution in [0, 0.1) is 11.8 Å². The number of furan rings is 1. The van der Waals surface area contributed by atoms with Crippen LogP contribution in [0.5, 0.6) is 0 Å². The Morgan fingerprint density at radius 3 is 2.85 bits per heavy atom. The van der Waals surface area contributed by atoms with Crippen LogP contribution in [0.4, 0.5) is 0 Å². The molecule has 3 atom stereocenters. The van der Waals surface area contributed by atoms with Gasteiger partial charge in [0.05, 0.1) is 6.26 Å². The van der Waals surface area contributed by atoms with Crippen LogP contribution in [0.25, 0.3) is 11.0 Å². The number of nitrogens with one attached hydrogen (secondary N) is 1. The van der Waals surface area contributed by atoms with Gasteiger partial charge in [-0.25, -0.2) is 0 Å². The first-order chi connectivity index (χ1) is 9.85. The fourth-order valence-corrected chi connectivity index (χ4v) is 4.02. The molecule has 1 saturated carbocycles. The molecule has 0 aliphatic heterocycles. The lowest BCUT2D eigenvalue weighted by Gasteiger charge is -2.36. The monoisotopic (exact) mass is 271 g/mol. The molecule has 1 aliphatic rings. The highest BCUT2D eigenvalue weighted by atomic mass is 16.3. The summed E-state index contributed by atoms with van der Waals surface area (Å²) in [6.07, 6.45) is 8.75. The van der Waals surface area contributed by atoms with E-state index in [1.54, 1.807) is 0 Å².